The minimum Gasteiger partial charge on any atom is -0.511 e. The molecule has 0 saturated heterocycles. The summed E-state index contributed by atoms with van der Waals surface area (Å²) in [6.07, 6.45) is 7.37. The summed E-state index contributed by atoms with van der Waals surface area (Å²) in [6.45, 7) is 15.8. The predicted octanol–water partition coefficient (Wildman–Crippen LogP) is 7.17. The van der Waals surface area contributed by atoms with E-state index in [0.29, 0.717) is 24.2 Å². The summed E-state index contributed by atoms with van der Waals surface area (Å²) < 4.78 is 5.43. The molecule has 0 bridgehead atoms. The molecule has 5 nitrogen and oxygen atoms in total. The van der Waals surface area contributed by atoms with E-state index in [1.54, 1.807) is 0 Å². The van der Waals surface area contributed by atoms with Crippen LogP contribution in [0.1, 0.15) is 106 Å². The van der Waals surface area contributed by atoms with E-state index in [9.17, 15) is 20.0 Å². The number of aliphatic hydroxyl groups excluding tert-OH is 1. The maximum absolute atomic E-state index is 14.5. The number of nitrogens with zero attached hydrogens (tertiary/aromatic N) is 1. The monoisotopic (exact) mass is 509 g/mol. The van der Waals surface area contributed by atoms with E-state index >= 15 is 0 Å². The first-order valence-corrected chi connectivity index (χ1v) is 14.5. The van der Waals surface area contributed by atoms with Crippen molar-refractivity contribution in [3.63, 3.8) is 0 Å². The smallest absolute Gasteiger partial charge is 0.312 e. The highest BCUT2D eigenvalue weighted by atomic mass is 16.5. The number of methoxy groups -OCH3 is 1. The van der Waals surface area contributed by atoms with Gasteiger partial charge in [-0.05, 0) is 90.8 Å². The molecule has 0 aliphatic heterocycles. The molecule has 5 aliphatic rings. The fourth-order valence-electron chi connectivity index (χ4n) is 11.2. The van der Waals surface area contributed by atoms with Gasteiger partial charge in [-0.25, -0.2) is 0 Å². The Hall–Kier alpha value is -1.83. The van der Waals surface area contributed by atoms with Crippen molar-refractivity contribution in [2.24, 2.45) is 56.2 Å². The average molecular weight is 510 g/mol. The molecule has 0 aromatic heterocycles. The second-order valence-electron chi connectivity index (χ2n) is 15.6. The first kappa shape index (κ1) is 26.8. The molecule has 204 valence electrons. The van der Waals surface area contributed by atoms with E-state index in [4.69, 9.17) is 4.74 Å². The van der Waals surface area contributed by atoms with Crippen LogP contribution < -0.4 is 0 Å². The number of carbonyl (C=O) groups is 2. The minimum absolute atomic E-state index is 0.0136. The molecule has 5 rings (SSSR count). The number of esters is 1. The van der Waals surface area contributed by atoms with Crippen LogP contribution in [0.25, 0.3) is 0 Å². The molecule has 0 amide bonds. The van der Waals surface area contributed by atoms with E-state index in [1.807, 2.05) is 0 Å². The van der Waals surface area contributed by atoms with Crippen molar-refractivity contribution in [2.45, 2.75) is 106 Å². The number of ether oxygens (including phenoxy) is 1. The number of carbonyl (C=O) groups excluding carboxylic acids is 2. The van der Waals surface area contributed by atoms with Gasteiger partial charge >= 0.3 is 5.97 Å². The molecular weight excluding hydrogens is 462 g/mol. The van der Waals surface area contributed by atoms with Crippen LogP contribution in [0.2, 0.25) is 0 Å². The van der Waals surface area contributed by atoms with Crippen LogP contribution in [-0.2, 0) is 14.3 Å². The lowest BCUT2D eigenvalue weighted by molar-refractivity contribution is -0.233. The second-order valence-corrected chi connectivity index (χ2v) is 15.6. The Kier molecular flexibility index (Phi) is 5.68. The third kappa shape index (κ3) is 3.20. The molecule has 8 atom stereocenters. The Morgan fingerprint density at radius 3 is 2.24 bits per heavy atom. The maximum atomic E-state index is 14.5. The number of ketones is 1. The van der Waals surface area contributed by atoms with Crippen LogP contribution in [0.5, 0.6) is 0 Å². The molecule has 0 aromatic rings. The Morgan fingerprint density at radius 2 is 1.62 bits per heavy atom. The van der Waals surface area contributed by atoms with Crippen molar-refractivity contribution in [2.75, 3.05) is 7.11 Å². The van der Waals surface area contributed by atoms with E-state index in [0.717, 1.165) is 44.9 Å². The van der Waals surface area contributed by atoms with Gasteiger partial charge in [-0.2, -0.15) is 5.26 Å². The average Bonchev–Trinajstić information content (AvgIpc) is 2.82. The van der Waals surface area contributed by atoms with Crippen LogP contribution >= 0.6 is 0 Å². The first-order valence-electron chi connectivity index (χ1n) is 14.5. The topological polar surface area (TPSA) is 87.4 Å². The number of allylic oxidation sites excluding steroid dienone is 2. The second kappa shape index (κ2) is 7.86. The van der Waals surface area contributed by atoms with E-state index in [1.165, 1.54) is 7.11 Å². The maximum Gasteiger partial charge on any atom is 0.312 e. The molecule has 4 saturated carbocycles. The largest absolute Gasteiger partial charge is 0.511 e. The Morgan fingerprint density at radius 1 is 0.973 bits per heavy atom. The number of nitriles is 1. The predicted molar refractivity (Wildman–Crippen MR) is 142 cm³/mol. The zero-order valence-electron chi connectivity index (χ0n) is 24.3. The molecule has 5 heteroatoms. The van der Waals surface area contributed by atoms with Crippen molar-refractivity contribution < 1.29 is 19.4 Å². The van der Waals surface area contributed by atoms with Crippen LogP contribution in [0.3, 0.4) is 0 Å². The van der Waals surface area contributed by atoms with Crippen LogP contribution in [0.15, 0.2) is 11.3 Å². The number of hydrogen-bond donors (Lipinski definition) is 1. The number of fused-ring (bicyclic) bond motifs is 7. The molecule has 1 N–H and O–H groups in total. The lowest BCUT2D eigenvalue weighted by atomic mass is 9.31. The third-order valence-electron chi connectivity index (χ3n) is 13.3. The van der Waals surface area contributed by atoms with Crippen LogP contribution in [0, 0.1) is 67.5 Å². The summed E-state index contributed by atoms with van der Waals surface area (Å²) in [5, 5.41) is 21.0. The molecular formula is C32H47NO4. The normalized spacial score (nSPS) is 48.0. The molecule has 0 aromatic carbocycles. The number of Topliss-reactive ketones (excluding diaryl/α,β-unsaturated/α-hetero) is 1. The van der Waals surface area contributed by atoms with Gasteiger partial charge in [-0.1, -0.05) is 48.5 Å². The molecule has 4 unspecified atom stereocenters. The van der Waals surface area contributed by atoms with Gasteiger partial charge < -0.3 is 9.84 Å². The molecule has 37 heavy (non-hydrogen) atoms. The van der Waals surface area contributed by atoms with Gasteiger partial charge in [-0.15, -0.1) is 0 Å². The van der Waals surface area contributed by atoms with Gasteiger partial charge in [0.25, 0.3) is 0 Å². The standard InChI is InChI=1S/C32H47NO4/c1-27(2)11-13-32(26(36)37-8)14-12-31(7)24(20(32)17-27)21(34)15-23-29(5)16-19(18-33)25(35)28(3,4)22(29)9-10-30(23,31)6/h20,22-24,35H,9-17H2,1-8H3/t20?,22?,23?,24?,29-,30+,31+,32-/m0/s1. The lowest BCUT2D eigenvalue weighted by Gasteiger charge is -2.72. The van der Waals surface area contributed by atoms with Gasteiger partial charge in [0.15, 0.2) is 0 Å². The Labute approximate surface area is 223 Å². The van der Waals surface area contributed by atoms with Gasteiger partial charge in [0.2, 0.25) is 0 Å². The molecule has 0 radical (unpaired) electrons. The molecule has 4 fully saturated rings. The first-order chi connectivity index (χ1) is 17.0. The zero-order valence-corrected chi connectivity index (χ0v) is 24.3. The van der Waals surface area contributed by atoms with Crippen LogP contribution in [0.4, 0.5) is 0 Å². The van der Waals surface area contributed by atoms with Gasteiger partial charge in [0.05, 0.1) is 24.2 Å². The SMILES string of the molecule is COC(=O)[C@]12CCC(C)(C)CC1C1C(=O)CC3[C@@]4(C)CC(C#N)=C(O)C(C)(C)C4CC[C@@]3(C)[C@]1(C)CC2. The van der Waals surface area contributed by atoms with Gasteiger partial charge in [0, 0.05) is 17.8 Å². The zero-order chi connectivity index (χ0) is 27.4. The fourth-order valence-corrected chi connectivity index (χ4v) is 11.2. The third-order valence-corrected chi connectivity index (χ3v) is 13.3. The van der Waals surface area contributed by atoms with Crippen molar-refractivity contribution in [3.05, 3.63) is 11.3 Å². The summed E-state index contributed by atoms with van der Waals surface area (Å²) in [5.74, 6) is 0.686. The van der Waals surface area contributed by atoms with Crippen molar-refractivity contribution in [1.82, 2.24) is 0 Å². The van der Waals surface area contributed by atoms with Crippen LogP contribution in [-0.4, -0.2) is 24.0 Å². The summed E-state index contributed by atoms with van der Waals surface area (Å²) in [7, 11) is 1.50. The molecule has 0 spiro atoms. The minimum atomic E-state index is -0.552. The highest BCUT2D eigenvalue weighted by molar-refractivity contribution is 5.86. The summed E-state index contributed by atoms with van der Waals surface area (Å²) >= 11 is 0. The van der Waals surface area contributed by atoms with E-state index in [2.05, 4.69) is 54.5 Å². The summed E-state index contributed by atoms with van der Waals surface area (Å²) in [5.41, 5.74) is -0.972. The number of hydrogen-bond acceptors (Lipinski definition) is 5. The Balaban J connectivity index is 1.62. The van der Waals surface area contributed by atoms with Gasteiger partial charge in [0.1, 0.15) is 11.5 Å². The van der Waals surface area contributed by atoms with E-state index in [-0.39, 0.29) is 57.1 Å². The van der Waals surface area contributed by atoms with E-state index < -0.39 is 10.8 Å². The quantitative estimate of drug-likeness (QED) is 0.379. The highest BCUT2D eigenvalue weighted by Crippen LogP contribution is 2.76. The lowest BCUT2D eigenvalue weighted by Crippen LogP contribution is -2.69. The number of aliphatic hydroxyl groups is 1. The fraction of sp³-hybridized carbons (Fsp3) is 0.844. The van der Waals surface area contributed by atoms with Gasteiger partial charge in [-0.3, -0.25) is 9.59 Å². The molecule has 5 aliphatic carbocycles. The summed E-state index contributed by atoms with van der Waals surface area (Å²) in [4.78, 5) is 27.9. The summed E-state index contributed by atoms with van der Waals surface area (Å²) in [6, 6.07) is 2.32. The van der Waals surface area contributed by atoms with Crippen molar-refractivity contribution >= 4 is 11.8 Å². The van der Waals surface area contributed by atoms with Crippen molar-refractivity contribution in [1.29, 1.82) is 5.26 Å². The Bertz CT molecular complexity index is 1110. The molecule has 0 heterocycles. The van der Waals surface area contributed by atoms with Crippen molar-refractivity contribution in [3.8, 4) is 6.07 Å². The number of rotatable bonds is 1. The highest BCUT2D eigenvalue weighted by Gasteiger charge is 2.73.